The van der Waals surface area contributed by atoms with Crippen LogP contribution in [0, 0.1) is 5.92 Å². The van der Waals surface area contributed by atoms with Crippen LogP contribution < -0.4 is 0 Å². The Morgan fingerprint density at radius 1 is 1.00 bits per heavy atom. The van der Waals surface area contributed by atoms with Crippen LogP contribution in [0.2, 0.25) is 0 Å². The molecule has 0 radical (unpaired) electrons. The number of hydrogen-bond acceptors (Lipinski definition) is 4. The second-order valence-electron chi connectivity index (χ2n) is 4.73. The highest BCUT2D eigenvalue weighted by Gasteiger charge is 2.10. The summed E-state index contributed by atoms with van der Waals surface area (Å²) in [5.41, 5.74) is 0. The monoisotopic (exact) mass is 246 g/mol. The maximum Gasteiger partial charge on any atom is 0.305 e. The van der Waals surface area contributed by atoms with Crippen molar-refractivity contribution in [2.45, 2.75) is 53.2 Å². The lowest BCUT2D eigenvalue weighted by atomic mass is 10.2. The smallest absolute Gasteiger partial charge is 0.305 e. The van der Waals surface area contributed by atoms with E-state index in [9.17, 15) is 4.79 Å². The molecule has 0 aromatic rings. The molecular weight excluding hydrogens is 220 g/mol. The summed E-state index contributed by atoms with van der Waals surface area (Å²) in [5.74, 6) is 0.344. The highest BCUT2D eigenvalue weighted by atomic mass is 16.6. The third-order valence-electron chi connectivity index (χ3n) is 2.04. The van der Waals surface area contributed by atoms with Gasteiger partial charge in [-0.05, 0) is 19.8 Å². The number of ether oxygens (including phenoxy) is 3. The van der Waals surface area contributed by atoms with Gasteiger partial charge in [0.25, 0.3) is 0 Å². The van der Waals surface area contributed by atoms with Crippen molar-refractivity contribution in [1.29, 1.82) is 0 Å². The Morgan fingerprint density at radius 3 is 2.18 bits per heavy atom. The molecule has 0 rings (SSSR count). The molecule has 0 aromatic carbocycles. The first-order valence-electron chi connectivity index (χ1n) is 6.34. The highest BCUT2D eigenvalue weighted by molar-refractivity contribution is 5.69. The van der Waals surface area contributed by atoms with E-state index in [1.54, 1.807) is 6.92 Å². The minimum absolute atomic E-state index is 0.0246. The molecule has 2 unspecified atom stereocenters. The Hall–Kier alpha value is -0.610. The molecule has 0 aliphatic carbocycles. The van der Waals surface area contributed by atoms with E-state index in [1.807, 2.05) is 13.8 Å². The third kappa shape index (κ3) is 10.3. The zero-order valence-electron chi connectivity index (χ0n) is 11.7. The van der Waals surface area contributed by atoms with E-state index in [-0.39, 0.29) is 18.2 Å². The van der Waals surface area contributed by atoms with Crippen molar-refractivity contribution in [2.75, 3.05) is 19.8 Å². The molecule has 0 bridgehead atoms. The topological polar surface area (TPSA) is 44.8 Å². The van der Waals surface area contributed by atoms with Crippen molar-refractivity contribution >= 4 is 5.97 Å². The van der Waals surface area contributed by atoms with Gasteiger partial charge in [0.2, 0.25) is 0 Å². The standard InChI is InChI=1S/C13H26O4/c1-6-13(14)17-12(5)9-16-11(4)8-15-7-10(2)3/h10-12H,6-9H2,1-5H3. The molecule has 0 aromatic heterocycles. The van der Waals surface area contributed by atoms with Gasteiger partial charge in [-0.15, -0.1) is 0 Å². The van der Waals surface area contributed by atoms with Crippen LogP contribution >= 0.6 is 0 Å². The fourth-order valence-corrected chi connectivity index (χ4v) is 1.16. The lowest BCUT2D eigenvalue weighted by Gasteiger charge is -2.18. The van der Waals surface area contributed by atoms with Gasteiger partial charge in [0.05, 0.1) is 19.3 Å². The van der Waals surface area contributed by atoms with E-state index < -0.39 is 0 Å². The summed E-state index contributed by atoms with van der Waals surface area (Å²) in [6, 6.07) is 0. The van der Waals surface area contributed by atoms with Crippen molar-refractivity contribution < 1.29 is 19.0 Å². The quantitative estimate of drug-likeness (QED) is 0.586. The predicted molar refractivity (Wildman–Crippen MR) is 66.9 cm³/mol. The molecule has 0 aliphatic heterocycles. The first-order chi connectivity index (χ1) is 7.95. The van der Waals surface area contributed by atoms with Gasteiger partial charge in [-0.3, -0.25) is 4.79 Å². The van der Waals surface area contributed by atoms with Gasteiger partial charge in [-0.1, -0.05) is 20.8 Å². The van der Waals surface area contributed by atoms with Gasteiger partial charge in [0.1, 0.15) is 6.10 Å². The normalized spacial score (nSPS) is 14.7. The predicted octanol–water partition coefficient (Wildman–Crippen LogP) is 2.41. The van der Waals surface area contributed by atoms with Crippen molar-refractivity contribution in [3.63, 3.8) is 0 Å². The maximum atomic E-state index is 11.0. The maximum absolute atomic E-state index is 11.0. The third-order valence-corrected chi connectivity index (χ3v) is 2.04. The van der Waals surface area contributed by atoms with E-state index in [4.69, 9.17) is 14.2 Å². The Kier molecular flexibility index (Phi) is 9.09. The molecule has 102 valence electrons. The van der Waals surface area contributed by atoms with E-state index in [0.29, 0.717) is 25.6 Å². The summed E-state index contributed by atoms with van der Waals surface area (Å²) in [6.45, 7) is 11.5. The van der Waals surface area contributed by atoms with E-state index >= 15 is 0 Å². The fourth-order valence-electron chi connectivity index (χ4n) is 1.16. The number of hydrogen-bond donors (Lipinski definition) is 0. The molecule has 4 heteroatoms. The van der Waals surface area contributed by atoms with Gasteiger partial charge in [-0.25, -0.2) is 0 Å². The Balaban J connectivity index is 3.55. The van der Waals surface area contributed by atoms with Gasteiger partial charge < -0.3 is 14.2 Å². The summed E-state index contributed by atoms with van der Waals surface area (Å²) >= 11 is 0. The average Bonchev–Trinajstić information content (AvgIpc) is 2.25. The van der Waals surface area contributed by atoms with Gasteiger partial charge in [0.15, 0.2) is 0 Å². The molecule has 0 heterocycles. The van der Waals surface area contributed by atoms with Crippen molar-refractivity contribution in [2.24, 2.45) is 5.92 Å². The molecule has 2 atom stereocenters. The number of carbonyl (C=O) groups is 1. The molecule has 0 saturated heterocycles. The minimum Gasteiger partial charge on any atom is -0.460 e. The van der Waals surface area contributed by atoms with Gasteiger partial charge in [-0.2, -0.15) is 0 Å². The van der Waals surface area contributed by atoms with E-state index in [0.717, 1.165) is 6.61 Å². The van der Waals surface area contributed by atoms with Crippen LogP contribution in [0.25, 0.3) is 0 Å². The van der Waals surface area contributed by atoms with Crippen LogP contribution in [-0.4, -0.2) is 38.0 Å². The zero-order chi connectivity index (χ0) is 13.3. The Labute approximate surface area is 105 Å². The van der Waals surface area contributed by atoms with Crippen LogP contribution in [0.4, 0.5) is 0 Å². The fraction of sp³-hybridized carbons (Fsp3) is 0.923. The summed E-state index contributed by atoms with van der Waals surface area (Å²) in [4.78, 5) is 11.0. The van der Waals surface area contributed by atoms with E-state index in [1.165, 1.54) is 0 Å². The van der Waals surface area contributed by atoms with Gasteiger partial charge >= 0.3 is 5.97 Å². The summed E-state index contributed by atoms with van der Waals surface area (Å²) < 4.78 is 16.1. The SMILES string of the molecule is CCC(=O)OC(C)COC(C)COCC(C)C. The molecule has 0 saturated carbocycles. The second-order valence-corrected chi connectivity index (χ2v) is 4.73. The second kappa shape index (κ2) is 9.42. The van der Waals surface area contributed by atoms with Gasteiger partial charge in [0, 0.05) is 13.0 Å². The first-order valence-corrected chi connectivity index (χ1v) is 6.34. The highest BCUT2D eigenvalue weighted by Crippen LogP contribution is 2.00. The average molecular weight is 246 g/mol. The number of rotatable bonds is 9. The van der Waals surface area contributed by atoms with Crippen LogP contribution in [0.1, 0.15) is 41.0 Å². The Bertz CT molecular complexity index is 204. The number of esters is 1. The minimum atomic E-state index is -0.199. The van der Waals surface area contributed by atoms with Crippen LogP contribution in [0.5, 0.6) is 0 Å². The largest absolute Gasteiger partial charge is 0.460 e. The van der Waals surface area contributed by atoms with Crippen LogP contribution in [0.15, 0.2) is 0 Å². The molecule has 17 heavy (non-hydrogen) atoms. The lowest BCUT2D eigenvalue weighted by molar-refractivity contribution is -0.152. The van der Waals surface area contributed by atoms with Crippen molar-refractivity contribution in [3.8, 4) is 0 Å². The molecular formula is C13H26O4. The first kappa shape index (κ1) is 16.4. The number of carbonyl (C=O) groups excluding carboxylic acids is 1. The van der Waals surface area contributed by atoms with Crippen molar-refractivity contribution in [1.82, 2.24) is 0 Å². The molecule has 0 fully saturated rings. The molecule has 4 nitrogen and oxygen atoms in total. The van der Waals surface area contributed by atoms with Crippen molar-refractivity contribution in [3.05, 3.63) is 0 Å². The van der Waals surface area contributed by atoms with E-state index in [2.05, 4.69) is 13.8 Å². The molecule has 0 N–H and O–H groups in total. The summed E-state index contributed by atoms with van der Waals surface area (Å²) in [7, 11) is 0. The Morgan fingerprint density at radius 2 is 1.65 bits per heavy atom. The summed E-state index contributed by atoms with van der Waals surface area (Å²) in [5, 5.41) is 0. The molecule has 0 aliphatic rings. The van der Waals surface area contributed by atoms with Crippen LogP contribution in [0.3, 0.4) is 0 Å². The summed E-state index contributed by atoms with van der Waals surface area (Å²) in [6.07, 6.45) is 0.226. The van der Waals surface area contributed by atoms with Crippen LogP contribution in [-0.2, 0) is 19.0 Å². The zero-order valence-corrected chi connectivity index (χ0v) is 11.7. The molecule has 0 amide bonds. The lowest BCUT2D eigenvalue weighted by Crippen LogP contribution is -2.25. The molecule has 0 spiro atoms.